The Morgan fingerprint density at radius 2 is 1.13 bits per heavy atom. The summed E-state index contributed by atoms with van der Waals surface area (Å²) in [7, 11) is 1.48. The van der Waals surface area contributed by atoms with Crippen molar-refractivity contribution in [2.75, 3.05) is 52.9 Å². The van der Waals surface area contributed by atoms with Gasteiger partial charge in [-0.05, 0) is 30.3 Å². The van der Waals surface area contributed by atoms with Crippen molar-refractivity contribution in [1.29, 1.82) is 0 Å². The van der Waals surface area contributed by atoms with Gasteiger partial charge in [0.15, 0.2) is 0 Å². The standard InChI is InChI=1S/C30H35N5O11/c1-34(24(38)9-4-18-36)14-10-23(37)31-11-15-35(16-12-32-27(41)19-5-2-7-21(25(19)39)29(43)44)17-13-33-28(42)20-6-3-8-22(26(20)40)30(45)46/h2-9,18,39-40H,10-17H2,1H3,(H,31,37)(H,32,41)(H,33,42)(H,43,44)(H,45,46)/b9-4-. The lowest BCUT2D eigenvalue weighted by Crippen LogP contribution is -2.43. The van der Waals surface area contributed by atoms with Gasteiger partial charge in [-0.3, -0.25) is 28.9 Å². The Labute approximate surface area is 263 Å². The largest absolute Gasteiger partial charge is 0.506 e. The van der Waals surface area contributed by atoms with Gasteiger partial charge in [0.05, 0.1) is 11.1 Å². The molecule has 46 heavy (non-hydrogen) atoms. The van der Waals surface area contributed by atoms with Crippen LogP contribution in [0, 0.1) is 0 Å². The second kappa shape index (κ2) is 18.1. The molecule has 0 aliphatic heterocycles. The number of rotatable bonds is 18. The van der Waals surface area contributed by atoms with Crippen molar-refractivity contribution in [3.8, 4) is 11.5 Å². The average molecular weight is 642 g/mol. The Hall–Kier alpha value is -5.77. The molecule has 0 aliphatic carbocycles. The topological polar surface area (TPSA) is 243 Å². The van der Waals surface area contributed by atoms with Crippen molar-refractivity contribution in [2.45, 2.75) is 6.42 Å². The predicted octanol–water partition coefficient (Wildman–Crippen LogP) is -0.324. The molecule has 0 fully saturated rings. The molecule has 16 nitrogen and oxygen atoms in total. The molecule has 0 aliphatic rings. The van der Waals surface area contributed by atoms with E-state index >= 15 is 0 Å². The first kappa shape index (κ1) is 36.4. The lowest BCUT2D eigenvalue weighted by atomic mass is 10.1. The molecule has 16 heteroatoms. The molecule has 2 aromatic carbocycles. The third-order valence-electron chi connectivity index (χ3n) is 6.57. The number of amides is 4. The zero-order valence-electron chi connectivity index (χ0n) is 24.9. The first-order chi connectivity index (χ1) is 21.9. The van der Waals surface area contributed by atoms with Crippen molar-refractivity contribution >= 4 is 41.9 Å². The van der Waals surface area contributed by atoms with E-state index < -0.39 is 52.3 Å². The highest BCUT2D eigenvalue weighted by Gasteiger charge is 2.20. The molecule has 0 bridgehead atoms. The predicted molar refractivity (Wildman–Crippen MR) is 162 cm³/mol. The third-order valence-corrected chi connectivity index (χ3v) is 6.57. The van der Waals surface area contributed by atoms with Crippen LogP contribution in [0.1, 0.15) is 47.9 Å². The minimum atomic E-state index is -1.40. The number of nitrogens with one attached hydrogen (secondary N) is 3. The summed E-state index contributed by atoms with van der Waals surface area (Å²) < 4.78 is 0. The molecule has 0 unspecified atom stereocenters. The fraction of sp³-hybridized carbons (Fsp3) is 0.300. The molecule has 0 heterocycles. The molecule has 2 rings (SSSR count). The molecular formula is C30H35N5O11. The monoisotopic (exact) mass is 641 g/mol. The van der Waals surface area contributed by atoms with Crippen molar-refractivity contribution in [2.24, 2.45) is 0 Å². The number of carbonyl (C=O) groups excluding carboxylic acids is 5. The van der Waals surface area contributed by atoms with E-state index in [9.17, 15) is 54.0 Å². The highest BCUT2D eigenvalue weighted by molar-refractivity contribution is 6.02. The quantitative estimate of drug-likeness (QED) is 0.0818. The molecule has 246 valence electrons. The first-order valence-electron chi connectivity index (χ1n) is 13.9. The van der Waals surface area contributed by atoms with E-state index in [0.717, 1.165) is 24.3 Å². The van der Waals surface area contributed by atoms with Gasteiger partial charge in [-0.2, -0.15) is 0 Å². The van der Waals surface area contributed by atoms with Crippen LogP contribution in [0.2, 0.25) is 0 Å². The molecular weight excluding hydrogens is 606 g/mol. The maximum atomic E-state index is 12.6. The second-order valence-electron chi connectivity index (χ2n) is 9.72. The summed E-state index contributed by atoms with van der Waals surface area (Å²) in [4.78, 5) is 85.3. The van der Waals surface area contributed by atoms with E-state index in [1.807, 2.05) is 0 Å². The fourth-order valence-corrected chi connectivity index (χ4v) is 4.05. The lowest BCUT2D eigenvalue weighted by molar-refractivity contribution is -0.126. The summed E-state index contributed by atoms with van der Waals surface area (Å²) in [5.41, 5.74) is -1.35. The van der Waals surface area contributed by atoms with Gasteiger partial charge in [0.1, 0.15) is 28.9 Å². The van der Waals surface area contributed by atoms with Crippen LogP contribution in [0.4, 0.5) is 0 Å². The molecule has 0 radical (unpaired) electrons. The van der Waals surface area contributed by atoms with E-state index in [4.69, 9.17) is 0 Å². The minimum Gasteiger partial charge on any atom is -0.506 e. The molecule has 0 atom stereocenters. The Morgan fingerprint density at radius 1 is 0.696 bits per heavy atom. The smallest absolute Gasteiger partial charge is 0.339 e. The fourth-order valence-electron chi connectivity index (χ4n) is 4.05. The zero-order valence-corrected chi connectivity index (χ0v) is 24.9. The van der Waals surface area contributed by atoms with Crippen molar-refractivity contribution in [1.82, 2.24) is 25.8 Å². The number of likely N-dealkylation sites (N-methyl/N-ethyl adjacent to an activating group) is 1. The van der Waals surface area contributed by atoms with E-state index in [1.54, 1.807) is 4.90 Å². The van der Waals surface area contributed by atoms with Gasteiger partial charge in [0.2, 0.25) is 11.8 Å². The normalized spacial score (nSPS) is 10.7. The number of hydrogen-bond donors (Lipinski definition) is 7. The number of hydrogen-bond acceptors (Lipinski definition) is 10. The number of aromatic carboxylic acids is 2. The van der Waals surface area contributed by atoms with Crippen LogP contribution >= 0.6 is 0 Å². The van der Waals surface area contributed by atoms with Gasteiger partial charge in [-0.25, -0.2) is 9.59 Å². The lowest BCUT2D eigenvalue weighted by Gasteiger charge is -2.23. The Bertz CT molecular complexity index is 1410. The molecule has 0 saturated carbocycles. The molecule has 0 saturated heterocycles. The number of carboxylic acid groups (broad SMARTS) is 2. The molecule has 2 aromatic rings. The molecule has 4 amide bonds. The maximum absolute atomic E-state index is 12.6. The number of carboxylic acids is 2. The Morgan fingerprint density at radius 3 is 1.57 bits per heavy atom. The van der Waals surface area contributed by atoms with Crippen LogP contribution < -0.4 is 16.0 Å². The number of aldehydes is 1. The van der Waals surface area contributed by atoms with Gasteiger partial charge < -0.3 is 41.3 Å². The van der Waals surface area contributed by atoms with E-state index in [-0.39, 0.29) is 69.3 Å². The molecule has 0 spiro atoms. The van der Waals surface area contributed by atoms with Gasteiger partial charge >= 0.3 is 11.9 Å². The van der Waals surface area contributed by atoms with Crippen LogP contribution in [0.5, 0.6) is 11.5 Å². The first-order valence-corrected chi connectivity index (χ1v) is 13.9. The summed E-state index contributed by atoms with van der Waals surface area (Å²) in [6.07, 6.45) is 2.57. The van der Waals surface area contributed by atoms with E-state index in [2.05, 4.69) is 16.0 Å². The van der Waals surface area contributed by atoms with Crippen LogP contribution in [-0.2, 0) is 14.4 Å². The number of phenols is 2. The Kier molecular flexibility index (Phi) is 14.4. The van der Waals surface area contributed by atoms with Gasteiger partial charge in [0.25, 0.3) is 11.8 Å². The van der Waals surface area contributed by atoms with Crippen LogP contribution in [0.15, 0.2) is 48.6 Å². The highest BCUT2D eigenvalue weighted by Crippen LogP contribution is 2.23. The van der Waals surface area contributed by atoms with Gasteiger partial charge in [0, 0.05) is 65.4 Å². The van der Waals surface area contributed by atoms with Crippen LogP contribution in [0.25, 0.3) is 0 Å². The number of carbonyl (C=O) groups is 7. The van der Waals surface area contributed by atoms with Crippen molar-refractivity contribution < 1.29 is 54.0 Å². The maximum Gasteiger partial charge on any atom is 0.339 e. The van der Waals surface area contributed by atoms with E-state index in [0.29, 0.717) is 6.29 Å². The summed E-state index contributed by atoms with van der Waals surface area (Å²) in [5.74, 6) is -6.43. The second-order valence-corrected chi connectivity index (χ2v) is 9.72. The number of para-hydroxylation sites is 2. The van der Waals surface area contributed by atoms with E-state index in [1.165, 1.54) is 36.2 Å². The number of aromatic hydroxyl groups is 2. The minimum absolute atomic E-state index is 0.0128. The number of benzene rings is 2. The number of nitrogens with zero attached hydrogens (tertiary/aromatic N) is 2. The zero-order chi connectivity index (χ0) is 34.2. The highest BCUT2D eigenvalue weighted by atomic mass is 16.4. The van der Waals surface area contributed by atoms with Gasteiger partial charge in [-0.1, -0.05) is 12.1 Å². The summed E-state index contributed by atoms with van der Waals surface area (Å²) >= 11 is 0. The Balaban J connectivity index is 1.99. The SMILES string of the molecule is CN(CCC(=O)NCCN(CCNC(=O)c1cccc(C(=O)O)c1O)CCNC(=O)c1cccc(C(=O)O)c1O)C(=O)/C=C\C=O. The molecule has 0 aromatic heterocycles. The van der Waals surface area contributed by atoms with Crippen LogP contribution in [0.3, 0.4) is 0 Å². The van der Waals surface area contributed by atoms with Crippen molar-refractivity contribution in [3.63, 3.8) is 0 Å². The van der Waals surface area contributed by atoms with Crippen molar-refractivity contribution in [3.05, 3.63) is 70.8 Å². The van der Waals surface area contributed by atoms with Crippen LogP contribution in [-0.4, -0.2) is 125 Å². The van der Waals surface area contributed by atoms with Gasteiger partial charge in [-0.15, -0.1) is 0 Å². The third kappa shape index (κ3) is 11.1. The average Bonchev–Trinajstić information content (AvgIpc) is 3.01. The molecule has 7 N–H and O–H groups in total. The summed E-state index contributed by atoms with van der Waals surface area (Å²) in [6.45, 7) is 0.926. The summed E-state index contributed by atoms with van der Waals surface area (Å²) in [5, 5.41) is 46.5. The number of allylic oxidation sites excluding steroid dienone is 1. The summed E-state index contributed by atoms with van der Waals surface area (Å²) in [6, 6.07) is 7.45.